The van der Waals surface area contributed by atoms with Gasteiger partial charge in [0, 0.05) is 56.4 Å². The van der Waals surface area contributed by atoms with E-state index in [2.05, 4.69) is 36.4 Å². The van der Waals surface area contributed by atoms with Crippen molar-refractivity contribution >= 4 is 11.0 Å². The lowest BCUT2D eigenvalue weighted by molar-refractivity contribution is 0.0384. The van der Waals surface area contributed by atoms with Gasteiger partial charge in [0.15, 0.2) is 0 Å². The van der Waals surface area contributed by atoms with Gasteiger partial charge in [0.25, 0.3) is 0 Å². The summed E-state index contributed by atoms with van der Waals surface area (Å²) in [6, 6.07) is 12.0. The maximum atomic E-state index is 5.40. The fourth-order valence-corrected chi connectivity index (χ4v) is 3.95. The highest BCUT2D eigenvalue weighted by atomic mass is 16.5. The molecule has 32 heavy (non-hydrogen) atoms. The predicted octanol–water partition coefficient (Wildman–Crippen LogP) is 2.81. The van der Waals surface area contributed by atoms with Crippen LogP contribution in [0.15, 0.2) is 48.8 Å². The summed E-state index contributed by atoms with van der Waals surface area (Å²) in [6.45, 7) is 8.41. The average molecular weight is 430 g/mol. The average Bonchev–Trinajstić information content (AvgIpc) is 3.32. The molecule has 0 bridgehead atoms. The quantitative estimate of drug-likeness (QED) is 0.437. The predicted molar refractivity (Wildman–Crippen MR) is 124 cm³/mol. The molecular formula is C24H27N7O. The Balaban J connectivity index is 1.31. The Morgan fingerprint density at radius 1 is 1.06 bits per heavy atom. The normalized spacial score (nSPS) is 14.8. The van der Waals surface area contributed by atoms with Crippen LogP contribution in [0.3, 0.4) is 0 Å². The molecule has 1 saturated heterocycles. The van der Waals surface area contributed by atoms with Gasteiger partial charge in [-0.15, -0.1) is 0 Å². The fraction of sp³-hybridized carbons (Fsp3) is 0.333. The van der Waals surface area contributed by atoms with Crippen LogP contribution in [0.4, 0.5) is 0 Å². The molecule has 0 aromatic carbocycles. The smallest absolute Gasteiger partial charge is 0.120 e. The Morgan fingerprint density at radius 2 is 1.97 bits per heavy atom. The van der Waals surface area contributed by atoms with E-state index in [1.807, 2.05) is 49.6 Å². The number of morpholine rings is 1. The molecule has 8 nitrogen and oxygen atoms in total. The fourth-order valence-electron chi connectivity index (χ4n) is 3.95. The van der Waals surface area contributed by atoms with Crippen LogP contribution in [0.25, 0.3) is 33.7 Å². The Bertz CT molecular complexity index is 1200. The van der Waals surface area contributed by atoms with Crippen LogP contribution in [0.5, 0.6) is 0 Å². The maximum absolute atomic E-state index is 5.40. The lowest BCUT2D eigenvalue weighted by Gasteiger charge is -2.26. The highest BCUT2D eigenvalue weighted by Crippen LogP contribution is 2.29. The van der Waals surface area contributed by atoms with Gasteiger partial charge in [-0.3, -0.25) is 20.0 Å². The van der Waals surface area contributed by atoms with E-state index in [0.717, 1.165) is 90.9 Å². The van der Waals surface area contributed by atoms with Gasteiger partial charge in [-0.2, -0.15) is 5.10 Å². The summed E-state index contributed by atoms with van der Waals surface area (Å²) >= 11 is 0. The van der Waals surface area contributed by atoms with E-state index >= 15 is 0 Å². The molecule has 0 amide bonds. The van der Waals surface area contributed by atoms with Crippen molar-refractivity contribution in [3.8, 4) is 22.6 Å². The van der Waals surface area contributed by atoms with Crippen LogP contribution in [-0.4, -0.2) is 69.4 Å². The Morgan fingerprint density at radius 3 is 2.84 bits per heavy atom. The zero-order chi connectivity index (χ0) is 21.8. The number of aromatic nitrogens is 5. The molecule has 0 unspecified atom stereocenters. The summed E-state index contributed by atoms with van der Waals surface area (Å²) < 4.78 is 5.40. The number of hydrogen-bond acceptors (Lipinski definition) is 7. The van der Waals surface area contributed by atoms with Crippen LogP contribution in [0, 0.1) is 6.92 Å². The van der Waals surface area contributed by atoms with Crippen LogP contribution in [0.1, 0.15) is 11.3 Å². The van der Waals surface area contributed by atoms with E-state index in [0.29, 0.717) is 0 Å². The molecule has 0 atom stereocenters. The second kappa shape index (κ2) is 9.52. The monoisotopic (exact) mass is 429 g/mol. The van der Waals surface area contributed by atoms with Crippen LogP contribution < -0.4 is 5.32 Å². The number of ether oxygens (including phenoxy) is 1. The largest absolute Gasteiger partial charge is 0.379 e. The van der Waals surface area contributed by atoms with Crippen molar-refractivity contribution in [3.05, 3.63) is 60.0 Å². The van der Waals surface area contributed by atoms with Crippen molar-refractivity contribution in [3.63, 3.8) is 0 Å². The molecule has 5 rings (SSSR count). The van der Waals surface area contributed by atoms with Crippen LogP contribution in [-0.2, 0) is 11.3 Å². The zero-order valence-corrected chi connectivity index (χ0v) is 18.2. The molecule has 8 heteroatoms. The van der Waals surface area contributed by atoms with Gasteiger partial charge >= 0.3 is 0 Å². The lowest BCUT2D eigenvalue weighted by atomic mass is 10.1. The molecular weight excluding hydrogens is 402 g/mol. The second-order valence-corrected chi connectivity index (χ2v) is 8.02. The number of nitrogens with zero attached hydrogens (tertiary/aromatic N) is 5. The first-order valence-electron chi connectivity index (χ1n) is 11.0. The lowest BCUT2D eigenvalue weighted by Crippen LogP contribution is -2.40. The molecule has 0 radical (unpaired) electrons. The van der Waals surface area contributed by atoms with E-state index in [9.17, 15) is 0 Å². The summed E-state index contributed by atoms with van der Waals surface area (Å²) in [6.07, 6.45) is 3.79. The van der Waals surface area contributed by atoms with Crippen LogP contribution in [0.2, 0.25) is 0 Å². The second-order valence-electron chi connectivity index (χ2n) is 8.02. The Kier molecular flexibility index (Phi) is 6.15. The van der Waals surface area contributed by atoms with Gasteiger partial charge in [-0.05, 0) is 42.8 Å². The summed E-state index contributed by atoms with van der Waals surface area (Å²) in [5, 5.41) is 10.9. The zero-order valence-electron chi connectivity index (χ0n) is 18.2. The highest BCUT2D eigenvalue weighted by Gasteiger charge is 2.14. The van der Waals surface area contributed by atoms with Gasteiger partial charge in [-0.25, -0.2) is 4.98 Å². The van der Waals surface area contributed by atoms with Crippen molar-refractivity contribution in [1.29, 1.82) is 0 Å². The Labute approximate surface area is 187 Å². The van der Waals surface area contributed by atoms with Crippen molar-refractivity contribution in [2.45, 2.75) is 13.5 Å². The minimum Gasteiger partial charge on any atom is -0.379 e. The molecule has 164 valence electrons. The number of rotatable bonds is 7. The number of nitrogens with one attached hydrogen (secondary N) is 2. The highest BCUT2D eigenvalue weighted by molar-refractivity contribution is 5.82. The molecule has 1 aliphatic heterocycles. The van der Waals surface area contributed by atoms with E-state index in [4.69, 9.17) is 9.72 Å². The molecule has 4 aromatic heterocycles. The van der Waals surface area contributed by atoms with Gasteiger partial charge < -0.3 is 10.1 Å². The molecule has 5 heterocycles. The van der Waals surface area contributed by atoms with Crippen molar-refractivity contribution in [2.75, 3.05) is 39.4 Å². The van der Waals surface area contributed by atoms with Gasteiger partial charge in [-0.1, -0.05) is 6.07 Å². The molecule has 0 aliphatic carbocycles. The number of fused-ring (bicyclic) bond motifs is 1. The van der Waals surface area contributed by atoms with Crippen molar-refractivity contribution < 1.29 is 4.74 Å². The maximum Gasteiger partial charge on any atom is 0.120 e. The summed E-state index contributed by atoms with van der Waals surface area (Å²) in [4.78, 5) is 16.5. The molecule has 1 fully saturated rings. The van der Waals surface area contributed by atoms with E-state index in [-0.39, 0.29) is 0 Å². The molecule has 1 aliphatic rings. The number of pyridine rings is 3. The number of aromatic amines is 1. The molecule has 0 spiro atoms. The van der Waals surface area contributed by atoms with E-state index < -0.39 is 0 Å². The summed E-state index contributed by atoms with van der Waals surface area (Å²) in [7, 11) is 0. The Hall–Kier alpha value is -3.20. The standard InChI is InChI=1S/C24H27N7O/c1-17-3-2-4-22(28-17)24-19(16-27-30-24)20-5-6-21-23(29-20)13-18(15-26-21)14-25-7-8-31-9-11-32-12-10-31/h2-6,13,15-16,25H,7-12,14H2,1H3,(H,27,30). The topological polar surface area (TPSA) is 91.9 Å². The minimum atomic E-state index is 0.767. The first kappa shape index (κ1) is 20.7. The first-order chi connectivity index (χ1) is 15.8. The minimum absolute atomic E-state index is 0.767. The number of aryl methyl sites for hydroxylation is 1. The van der Waals surface area contributed by atoms with Gasteiger partial charge in [0.1, 0.15) is 5.69 Å². The van der Waals surface area contributed by atoms with E-state index in [1.165, 1.54) is 0 Å². The third-order valence-corrected chi connectivity index (χ3v) is 5.68. The van der Waals surface area contributed by atoms with Crippen molar-refractivity contribution in [2.24, 2.45) is 0 Å². The van der Waals surface area contributed by atoms with Crippen LogP contribution >= 0.6 is 0 Å². The summed E-state index contributed by atoms with van der Waals surface area (Å²) in [5.74, 6) is 0. The number of hydrogen-bond donors (Lipinski definition) is 2. The summed E-state index contributed by atoms with van der Waals surface area (Å²) in [5.41, 5.74) is 7.25. The third-order valence-electron chi connectivity index (χ3n) is 5.68. The first-order valence-corrected chi connectivity index (χ1v) is 11.0. The van der Waals surface area contributed by atoms with Crippen molar-refractivity contribution in [1.82, 2.24) is 35.4 Å². The molecule has 2 N–H and O–H groups in total. The SMILES string of the molecule is Cc1cccc(-c2n[nH]cc2-c2ccc3ncc(CNCCN4CCOCC4)cc3n2)n1. The number of H-pyrrole nitrogens is 1. The van der Waals surface area contributed by atoms with Gasteiger partial charge in [0.2, 0.25) is 0 Å². The van der Waals surface area contributed by atoms with Gasteiger partial charge in [0.05, 0.1) is 35.6 Å². The van der Waals surface area contributed by atoms with E-state index in [1.54, 1.807) is 0 Å². The molecule has 4 aromatic rings. The third kappa shape index (κ3) is 4.67. The molecule has 0 saturated carbocycles.